The van der Waals surface area contributed by atoms with E-state index in [2.05, 4.69) is 0 Å². The number of aliphatic hydroxyl groups is 1. The summed E-state index contributed by atoms with van der Waals surface area (Å²) in [4.78, 5) is 26.7. The van der Waals surface area contributed by atoms with Crippen molar-refractivity contribution in [3.63, 3.8) is 0 Å². The molecular formula is C13H22N2O4. The highest BCUT2D eigenvalue weighted by molar-refractivity contribution is 5.79. The zero-order valence-electron chi connectivity index (χ0n) is 11.1. The topological polar surface area (TPSA) is 81.1 Å². The number of carboxylic acid groups (broad SMARTS) is 1. The maximum atomic E-state index is 12.1. The van der Waals surface area contributed by atoms with Crippen LogP contribution in [0, 0.1) is 5.92 Å². The molecule has 0 aromatic rings. The van der Waals surface area contributed by atoms with Crippen LogP contribution in [0.1, 0.15) is 25.7 Å². The summed E-state index contributed by atoms with van der Waals surface area (Å²) in [6, 6.07) is 0. The zero-order valence-corrected chi connectivity index (χ0v) is 11.1. The number of aliphatic carboxylic acids is 1. The van der Waals surface area contributed by atoms with Crippen molar-refractivity contribution in [3.8, 4) is 0 Å². The van der Waals surface area contributed by atoms with Gasteiger partial charge in [-0.25, -0.2) is 0 Å². The van der Waals surface area contributed by atoms with E-state index in [1.807, 2.05) is 4.90 Å². The number of piperidine rings is 2. The lowest BCUT2D eigenvalue weighted by Crippen LogP contribution is -2.48. The monoisotopic (exact) mass is 270 g/mol. The summed E-state index contributed by atoms with van der Waals surface area (Å²) in [5.74, 6) is -1.01. The SMILES string of the molecule is O=C(O)C1CCN(C(=O)CN2CCCC(O)C2)CC1. The Morgan fingerprint density at radius 1 is 1.11 bits per heavy atom. The molecular weight excluding hydrogens is 248 g/mol. The number of carbonyl (C=O) groups excluding carboxylic acids is 1. The molecule has 1 amide bonds. The molecule has 2 heterocycles. The molecule has 2 aliphatic rings. The smallest absolute Gasteiger partial charge is 0.306 e. The van der Waals surface area contributed by atoms with Crippen LogP contribution in [0.5, 0.6) is 0 Å². The lowest BCUT2D eigenvalue weighted by Gasteiger charge is -2.34. The van der Waals surface area contributed by atoms with E-state index in [0.29, 0.717) is 39.0 Å². The molecule has 0 bridgehead atoms. The molecule has 2 rings (SSSR count). The summed E-state index contributed by atoms with van der Waals surface area (Å²) < 4.78 is 0. The molecule has 0 spiro atoms. The molecule has 6 heteroatoms. The summed E-state index contributed by atoms with van der Waals surface area (Å²) in [5.41, 5.74) is 0. The second-order valence-electron chi connectivity index (χ2n) is 5.52. The molecule has 2 saturated heterocycles. The summed E-state index contributed by atoms with van der Waals surface area (Å²) >= 11 is 0. The highest BCUT2D eigenvalue weighted by Crippen LogP contribution is 2.18. The Kier molecular flexibility index (Phi) is 4.76. The first-order valence-corrected chi connectivity index (χ1v) is 6.97. The summed E-state index contributed by atoms with van der Waals surface area (Å²) in [7, 11) is 0. The Morgan fingerprint density at radius 3 is 2.37 bits per heavy atom. The highest BCUT2D eigenvalue weighted by atomic mass is 16.4. The number of nitrogens with zero attached hydrogens (tertiary/aromatic N) is 2. The maximum Gasteiger partial charge on any atom is 0.306 e. The second-order valence-corrected chi connectivity index (χ2v) is 5.52. The van der Waals surface area contributed by atoms with Crippen LogP contribution >= 0.6 is 0 Å². The molecule has 1 atom stereocenters. The number of β-amino-alcohol motifs (C(OH)–C–C–N with tert-alkyl or cyclic N) is 1. The highest BCUT2D eigenvalue weighted by Gasteiger charge is 2.28. The van der Waals surface area contributed by atoms with Crippen molar-refractivity contribution in [2.24, 2.45) is 5.92 Å². The predicted octanol–water partition coefficient (Wildman–Crippen LogP) is -0.234. The standard InChI is InChI=1S/C13H22N2O4/c16-11-2-1-5-14(8-11)9-12(17)15-6-3-10(4-7-15)13(18)19/h10-11,16H,1-9H2,(H,18,19). The van der Waals surface area contributed by atoms with Crippen molar-refractivity contribution < 1.29 is 19.8 Å². The minimum atomic E-state index is -0.758. The van der Waals surface area contributed by atoms with Crippen LogP contribution in [-0.2, 0) is 9.59 Å². The van der Waals surface area contributed by atoms with Crippen LogP contribution < -0.4 is 0 Å². The average Bonchev–Trinajstić information content (AvgIpc) is 2.39. The second kappa shape index (κ2) is 6.34. The normalized spacial score (nSPS) is 26.4. The molecule has 2 aliphatic heterocycles. The Bertz CT molecular complexity index is 340. The third-order valence-electron chi connectivity index (χ3n) is 4.04. The molecule has 0 aliphatic carbocycles. The number of rotatable bonds is 3. The summed E-state index contributed by atoms with van der Waals surface area (Å²) in [6.07, 6.45) is 2.51. The average molecular weight is 270 g/mol. The first-order chi connectivity index (χ1) is 9.06. The van der Waals surface area contributed by atoms with Crippen molar-refractivity contribution in [2.75, 3.05) is 32.7 Å². The van der Waals surface area contributed by atoms with Gasteiger partial charge in [-0.15, -0.1) is 0 Å². The first-order valence-electron chi connectivity index (χ1n) is 6.97. The van der Waals surface area contributed by atoms with Crippen LogP contribution in [-0.4, -0.2) is 70.7 Å². The number of carbonyl (C=O) groups is 2. The lowest BCUT2D eigenvalue weighted by atomic mass is 9.97. The Balaban J connectivity index is 1.76. The molecule has 0 saturated carbocycles. The molecule has 6 nitrogen and oxygen atoms in total. The van der Waals surface area contributed by atoms with Gasteiger partial charge < -0.3 is 15.1 Å². The number of carboxylic acids is 1. The van der Waals surface area contributed by atoms with E-state index in [9.17, 15) is 14.7 Å². The van der Waals surface area contributed by atoms with Gasteiger partial charge in [0.1, 0.15) is 0 Å². The number of aliphatic hydroxyl groups excluding tert-OH is 1. The number of amides is 1. The molecule has 0 aromatic carbocycles. The van der Waals surface area contributed by atoms with Crippen molar-refractivity contribution >= 4 is 11.9 Å². The van der Waals surface area contributed by atoms with E-state index >= 15 is 0 Å². The van der Waals surface area contributed by atoms with Crippen LogP contribution in [0.15, 0.2) is 0 Å². The van der Waals surface area contributed by atoms with Crippen LogP contribution in [0.2, 0.25) is 0 Å². The van der Waals surface area contributed by atoms with Crippen LogP contribution in [0.4, 0.5) is 0 Å². The van der Waals surface area contributed by atoms with Crippen molar-refractivity contribution in [1.29, 1.82) is 0 Å². The Morgan fingerprint density at radius 2 is 1.79 bits per heavy atom. The molecule has 0 radical (unpaired) electrons. The van der Waals surface area contributed by atoms with Gasteiger partial charge in [0.15, 0.2) is 0 Å². The molecule has 2 N–H and O–H groups in total. The van der Waals surface area contributed by atoms with E-state index in [4.69, 9.17) is 5.11 Å². The van der Waals surface area contributed by atoms with Gasteiger partial charge in [0, 0.05) is 19.6 Å². The quantitative estimate of drug-likeness (QED) is 0.740. The minimum Gasteiger partial charge on any atom is -0.481 e. The first kappa shape index (κ1) is 14.3. The predicted molar refractivity (Wildman–Crippen MR) is 68.6 cm³/mol. The van der Waals surface area contributed by atoms with E-state index in [-0.39, 0.29) is 17.9 Å². The molecule has 19 heavy (non-hydrogen) atoms. The summed E-state index contributed by atoms with van der Waals surface area (Å²) in [5, 5.41) is 18.5. The van der Waals surface area contributed by atoms with Gasteiger partial charge in [-0.2, -0.15) is 0 Å². The van der Waals surface area contributed by atoms with Crippen molar-refractivity contribution in [1.82, 2.24) is 9.80 Å². The van der Waals surface area contributed by atoms with Crippen molar-refractivity contribution in [2.45, 2.75) is 31.8 Å². The van der Waals surface area contributed by atoms with Gasteiger partial charge >= 0.3 is 5.97 Å². The zero-order chi connectivity index (χ0) is 13.8. The molecule has 2 fully saturated rings. The van der Waals surface area contributed by atoms with Gasteiger partial charge in [-0.3, -0.25) is 14.5 Å². The molecule has 108 valence electrons. The fourth-order valence-electron chi connectivity index (χ4n) is 2.84. The maximum absolute atomic E-state index is 12.1. The third-order valence-corrected chi connectivity index (χ3v) is 4.04. The number of hydrogen-bond donors (Lipinski definition) is 2. The number of hydrogen-bond acceptors (Lipinski definition) is 4. The van der Waals surface area contributed by atoms with Gasteiger partial charge in [-0.05, 0) is 32.2 Å². The van der Waals surface area contributed by atoms with Crippen LogP contribution in [0.3, 0.4) is 0 Å². The largest absolute Gasteiger partial charge is 0.481 e. The van der Waals surface area contributed by atoms with Crippen molar-refractivity contribution in [3.05, 3.63) is 0 Å². The van der Waals surface area contributed by atoms with E-state index in [1.54, 1.807) is 4.90 Å². The fraction of sp³-hybridized carbons (Fsp3) is 0.846. The Hall–Kier alpha value is -1.14. The lowest BCUT2D eigenvalue weighted by molar-refractivity contribution is -0.146. The number of likely N-dealkylation sites (tertiary alicyclic amines) is 2. The van der Waals surface area contributed by atoms with Crippen LogP contribution in [0.25, 0.3) is 0 Å². The molecule has 1 unspecified atom stereocenters. The van der Waals surface area contributed by atoms with Gasteiger partial charge in [-0.1, -0.05) is 0 Å². The minimum absolute atomic E-state index is 0.0536. The van der Waals surface area contributed by atoms with Gasteiger partial charge in [0.05, 0.1) is 18.6 Å². The van der Waals surface area contributed by atoms with Gasteiger partial charge in [0.2, 0.25) is 5.91 Å². The van der Waals surface area contributed by atoms with Gasteiger partial charge in [0.25, 0.3) is 0 Å². The summed E-state index contributed by atoms with van der Waals surface area (Å²) in [6.45, 7) is 2.83. The molecule has 0 aromatic heterocycles. The van der Waals surface area contributed by atoms with E-state index in [0.717, 1.165) is 19.4 Å². The van der Waals surface area contributed by atoms with E-state index < -0.39 is 5.97 Å². The fourth-order valence-corrected chi connectivity index (χ4v) is 2.84. The third kappa shape index (κ3) is 3.91. The van der Waals surface area contributed by atoms with E-state index in [1.165, 1.54) is 0 Å². The Labute approximate surface area is 113 Å².